The van der Waals surface area contributed by atoms with E-state index in [0.717, 1.165) is 17.0 Å². The number of nitrogens with zero attached hydrogens (tertiary/aromatic N) is 2. The van der Waals surface area contributed by atoms with Gasteiger partial charge in [-0.3, -0.25) is 5.41 Å². The molecule has 5 nitrogen and oxygen atoms in total. The normalized spacial score (nSPS) is 12.5. The van der Waals surface area contributed by atoms with Crippen LogP contribution in [0.2, 0.25) is 0 Å². The third kappa shape index (κ3) is 3.41. The average Bonchev–Trinajstić information content (AvgIpc) is 2.29. The lowest BCUT2D eigenvalue weighted by molar-refractivity contribution is 0.250. The first-order chi connectivity index (χ1) is 7.97. The maximum atomic E-state index is 8.97. The van der Waals surface area contributed by atoms with Crippen molar-refractivity contribution in [2.45, 2.75) is 25.8 Å². The van der Waals surface area contributed by atoms with Gasteiger partial charge in [-0.15, -0.1) is 16.9 Å². The zero-order chi connectivity index (χ0) is 13.0. The summed E-state index contributed by atoms with van der Waals surface area (Å²) < 4.78 is 0. The van der Waals surface area contributed by atoms with Crippen LogP contribution in [0.4, 0.5) is 0 Å². The fourth-order valence-electron chi connectivity index (χ4n) is 1.28. The number of amidine groups is 1. The van der Waals surface area contributed by atoms with E-state index in [0.29, 0.717) is 10.6 Å². The van der Waals surface area contributed by atoms with Crippen LogP contribution in [-0.4, -0.2) is 33.5 Å². The van der Waals surface area contributed by atoms with E-state index in [1.165, 1.54) is 11.8 Å². The first-order valence-electron chi connectivity index (χ1n) is 5.39. The molecule has 94 valence electrons. The molecular weight excluding hydrogens is 236 g/mol. The highest BCUT2D eigenvalue weighted by Crippen LogP contribution is 2.24. The molecule has 0 saturated heterocycles. The molecule has 1 aromatic rings. The summed E-state index contributed by atoms with van der Waals surface area (Å²) in [6.07, 6.45) is 0. The van der Waals surface area contributed by atoms with Gasteiger partial charge in [0.05, 0.1) is 11.3 Å². The Morgan fingerprint density at radius 3 is 2.65 bits per heavy atom. The number of rotatable bonds is 5. The lowest BCUT2D eigenvalue weighted by Gasteiger charge is -2.12. The first kappa shape index (κ1) is 13.9. The molecule has 1 unspecified atom stereocenters. The maximum absolute atomic E-state index is 8.97. The summed E-state index contributed by atoms with van der Waals surface area (Å²) in [6.45, 7) is 5.83. The summed E-state index contributed by atoms with van der Waals surface area (Å²) >= 11 is 1.48. The fraction of sp³-hybridized carbons (Fsp3) is 0.545. The molecule has 1 rings (SSSR count). The van der Waals surface area contributed by atoms with Crippen molar-refractivity contribution in [3.63, 3.8) is 0 Å². The zero-order valence-electron chi connectivity index (χ0n) is 10.3. The van der Waals surface area contributed by atoms with Gasteiger partial charge in [-0.05, 0) is 25.3 Å². The molecule has 17 heavy (non-hydrogen) atoms. The SMILES string of the molecule is Cc1nnc(SCC(C)CO)c(C(=N)N)c1C. The van der Waals surface area contributed by atoms with Crippen molar-refractivity contribution in [1.82, 2.24) is 10.2 Å². The Kier molecular flexibility index (Phi) is 4.89. The highest BCUT2D eigenvalue weighted by atomic mass is 32.2. The molecule has 0 spiro atoms. The number of nitrogen functional groups attached to an aromatic ring is 1. The molecule has 4 N–H and O–H groups in total. The molecule has 0 fully saturated rings. The van der Waals surface area contributed by atoms with Crippen LogP contribution in [-0.2, 0) is 0 Å². The number of nitrogens with two attached hydrogens (primary N) is 1. The van der Waals surface area contributed by atoms with Crippen LogP contribution >= 0.6 is 11.8 Å². The van der Waals surface area contributed by atoms with Crippen molar-refractivity contribution in [2.75, 3.05) is 12.4 Å². The Hall–Kier alpha value is -1.14. The van der Waals surface area contributed by atoms with Gasteiger partial charge in [0, 0.05) is 12.4 Å². The van der Waals surface area contributed by atoms with Crippen LogP contribution in [0.1, 0.15) is 23.7 Å². The van der Waals surface area contributed by atoms with Crippen molar-refractivity contribution >= 4 is 17.6 Å². The second-order valence-corrected chi connectivity index (χ2v) is 5.11. The molecule has 1 atom stereocenters. The standard InChI is InChI=1S/C11H18N4OS/c1-6(4-16)5-17-11-9(10(12)13)7(2)8(3)14-15-11/h6,16H,4-5H2,1-3H3,(H3,12,13). The highest BCUT2D eigenvalue weighted by molar-refractivity contribution is 7.99. The molecule has 0 bridgehead atoms. The number of thioether (sulfide) groups is 1. The Morgan fingerprint density at radius 2 is 2.12 bits per heavy atom. The number of nitrogens with one attached hydrogen (secondary N) is 1. The minimum Gasteiger partial charge on any atom is -0.396 e. The van der Waals surface area contributed by atoms with Gasteiger partial charge in [-0.2, -0.15) is 5.10 Å². The van der Waals surface area contributed by atoms with Gasteiger partial charge in [0.25, 0.3) is 0 Å². The minimum absolute atomic E-state index is 0.0136. The second-order valence-electron chi connectivity index (χ2n) is 4.10. The number of aromatic nitrogens is 2. The summed E-state index contributed by atoms with van der Waals surface area (Å²) in [7, 11) is 0. The first-order valence-corrected chi connectivity index (χ1v) is 6.37. The zero-order valence-corrected chi connectivity index (χ0v) is 11.1. The molecule has 0 radical (unpaired) electrons. The van der Waals surface area contributed by atoms with E-state index in [-0.39, 0.29) is 18.4 Å². The van der Waals surface area contributed by atoms with E-state index in [1.807, 2.05) is 20.8 Å². The Balaban J connectivity index is 2.99. The van der Waals surface area contributed by atoms with Gasteiger partial charge in [0.2, 0.25) is 0 Å². The van der Waals surface area contributed by atoms with E-state index in [9.17, 15) is 0 Å². The predicted molar refractivity (Wildman–Crippen MR) is 69.5 cm³/mol. The maximum Gasteiger partial charge on any atom is 0.130 e. The van der Waals surface area contributed by atoms with E-state index in [2.05, 4.69) is 10.2 Å². The molecule has 6 heteroatoms. The van der Waals surface area contributed by atoms with E-state index >= 15 is 0 Å². The van der Waals surface area contributed by atoms with Gasteiger partial charge in [0.15, 0.2) is 0 Å². The molecule has 0 aromatic carbocycles. The molecule has 0 aliphatic rings. The largest absolute Gasteiger partial charge is 0.396 e. The molecule has 0 aliphatic carbocycles. The molecule has 1 aromatic heterocycles. The van der Waals surface area contributed by atoms with Crippen LogP contribution in [0.25, 0.3) is 0 Å². The Bertz CT molecular complexity index is 422. The molecule has 0 saturated carbocycles. The van der Waals surface area contributed by atoms with Crippen LogP contribution < -0.4 is 5.73 Å². The van der Waals surface area contributed by atoms with E-state index in [4.69, 9.17) is 16.2 Å². The second kappa shape index (κ2) is 5.97. The number of aliphatic hydroxyl groups excluding tert-OH is 1. The van der Waals surface area contributed by atoms with Crippen molar-refractivity contribution < 1.29 is 5.11 Å². The molecule has 0 amide bonds. The van der Waals surface area contributed by atoms with Crippen LogP contribution in [0.15, 0.2) is 5.03 Å². The van der Waals surface area contributed by atoms with Gasteiger partial charge in [-0.1, -0.05) is 6.92 Å². The van der Waals surface area contributed by atoms with Crippen molar-refractivity contribution in [2.24, 2.45) is 11.7 Å². The van der Waals surface area contributed by atoms with E-state index < -0.39 is 0 Å². The van der Waals surface area contributed by atoms with Gasteiger partial charge >= 0.3 is 0 Å². The van der Waals surface area contributed by atoms with E-state index in [1.54, 1.807) is 0 Å². The van der Waals surface area contributed by atoms with Gasteiger partial charge in [-0.25, -0.2) is 0 Å². The number of aliphatic hydroxyl groups is 1. The fourth-order valence-corrected chi connectivity index (χ4v) is 2.33. The van der Waals surface area contributed by atoms with Crippen molar-refractivity contribution in [3.8, 4) is 0 Å². The van der Waals surface area contributed by atoms with Crippen molar-refractivity contribution in [1.29, 1.82) is 5.41 Å². The minimum atomic E-state index is 0.0136. The number of aryl methyl sites for hydroxylation is 1. The summed E-state index contributed by atoms with van der Waals surface area (Å²) in [5, 5.41) is 25.3. The summed E-state index contributed by atoms with van der Waals surface area (Å²) in [5.74, 6) is 0.927. The third-order valence-corrected chi connectivity index (χ3v) is 3.80. The third-order valence-electron chi connectivity index (χ3n) is 2.51. The van der Waals surface area contributed by atoms with Gasteiger partial charge in [0.1, 0.15) is 10.9 Å². The van der Waals surface area contributed by atoms with Gasteiger partial charge < -0.3 is 10.8 Å². The average molecular weight is 254 g/mol. The number of hydrogen-bond acceptors (Lipinski definition) is 5. The molecule has 0 aliphatic heterocycles. The van der Waals surface area contributed by atoms with Crippen LogP contribution in [0.3, 0.4) is 0 Å². The smallest absolute Gasteiger partial charge is 0.130 e. The Labute approximate surface area is 105 Å². The molecular formula is C11H18N4OS. The summed E-state index contributed by atoms with van der Waals surface area (Å²) in [4.78, 5) is 0. The lowest BCUT2D eigenvalue weighted by Crippen LogP contribution is -2.17. The quantitative estimate of drug-likeness (QED) is 0.415. The summed E-state index contributed by atoms with van der Waals surface area (Å²) in [6, 6.07) is 0. The predicted octanol–water partition coefficient (Wildman–Crippen LogP) is 1.10. The number of hydrogen-bond donors (Lipinski definition) is 3. The molecule has 1 heterocycles. The highest BCUT2D eigenvalue weighted by Gasteiger charge is 2.15. The monoisotopic (exact) mass is 254 g/mol. The Morgan fingerprint density at radius 1 is 1.47 bits per heavy atom. The van der Waals surface area contributed by atoms with Crippen molar-refractivity contribution in [3.05, 3.63) is 16.8 Å². The van der Waals surface area contributed by atoms with Crippen LogP contribution in [0, 0.1) is 25.2 Å². The summed E-state index contributed by atoms with van der Waals surface area (Å²) in [5.41, 5.74) is 7.92. The lowest BCUT2D eigenvalue weighted by atomic mass is 10.1. The van der Waals surface area contributed by atoms with Crippen LogP contribution in [0.5, 0.6) is 0 Å². The topological polar surface area (TPSA) is 95.9 Å².